The van der Waals surface area contributed by atoms with Crippen LogP contribution >= 0.6 is 11.6 Å². The lowest BCUT2D eigenvalue weighted by atomic mass is 10.0. The summed E-state index contributed by atoms with van der Waals surface area (Å²) in [6, 6.07) is 9.70. The van der Waals surface area contributed by atoms with Crippen LogP contribution in [0.1, 0.15) is 61.6 Å². The van der Waals surface area contributed by atoms with Crippen LogP contribution in [0.2, 0.25) is 5.02 Å². The summed E-state index contributed by atoms with van der Waals surface area (Å²) in [5, 5.41) is 7.94. The van der Waals surface area contributed by atoms with Gasteiger partial charge in [0.2, 0.25) is 0 Å². The standard InChI is InChI=1S/C14H19ClO2.C10H11N3/c1-4-6-13(17-14(16)5-2)11-7-8-12(15)10(3)9-11;1-7-8(2)12-13-10(7)9-3-5-11-6-4-9/h7-9,13H,4-6H2,1-3H3;3-6H,1-2H3,(H,12,13). The molecule has 30 heavy (non-hydrogen) atoms. The lowest BCUT2D eigenvalue weighted by Gasteiger charge is -2.18. The Morgan fingerprint density at radius 3 is 2.37 bits per heavy atom. The van der Waals surface area contributed by atoms with Gasteiger partial charge in [0, 0.05) is 35.1 Å². The number of pyridine rings is 1. The van der Waals surface area contributed by atoms with Gasteiger partial charge in [-0.05, 0) is 62.1 Å². The Hall–Kier alpha value is -2.66. The first-order chi connectivity index (χ1) is 14.4. The van der Waals surface area contributed by atoms with Crippen molar-refractivity contribution in [3.05, 3.63) is 70.1 Å². The van der Waals surface area contributed by atoms with Crippen LogP contribution < -0.4 is 0 Å². The Bertz CT molecular complexity index is 954. The molecule has 0 spiro atoms. The molecule has 1 unspecified atom stereocenters. The number of aryl methyl sites for hydroxylation is 2. The second kappa shape index (κ2) is 11.5. The van der Waals surface area contributed by atoms with E-state index in [1.165, 1.54) is 5.56 Å². The van der Waals surface area contributed by atoms with Gasteiger partial charge in [0.25, 0.3) is 0 Å². The molecule has 2 heterocycles. The van der Waals surface area contributed by atoms with Crippen LogP contribution in [0, 0.1) is 20.8 Å². The fraction of sp³-hybridized carbons (Fsp3) is 0.375. The number of hydrogen-bond donors (Lipinski definition) is 1. The summed E-state index contributed by atoms with van der Waals surface area (Å²) in [5.41, 5.74) is 6.48. The number of benzene rings is 1. The number of rotatable bonds is 6. The number of aromatic amines is 1. The molecule has 2 aromatic heterocycles. The van der Waals surface area contributed by atoms with Gasteiger partial charge in [-0.3, -0.25) is 14.9 Å². The Kier molecular flexibility index (Phi) is 9.06. The van der Waals surface area contributed by atoms with Gasteiger partial charge < -0.3 is 4.74 Å². The topological polar surface area (TPSA) is 67.9 Å². The van der Waals surface area contributed by atoms with Crippen molar-refractivity contribution < 1.29 is 9.53 Å². The molecule has 1 N–H and O–H groups in total. The van der Waals surface area contributed by atoms with Crippen LogP contribution in [0.3, 0.4) is 0 Å². The van der Waals surface area contributed by atoms with Crippen LogP contribution in [-0.2, 0) is 9.53 Å². The maximum atomic E-state index is 11.4. The predicted octanol–water partition coefficient (Wildman–Crippen LogP) is 6.53. The quantitative estimate of drug-likeness (QED) is 0.454. The second-order valence-electron chi connectivity index (χ2n) is 7.19. The van der Waals surface area contributed by atoms with Gasteiger partial charge in [-0.25, -0.2) is 0 Å². The van der Waals surface area contributed by atoms with Gasteiger partial charge in [0.05, 0.1) is 5.69 Å². The van der Waals surface area contributed by atoms with E-state index in [2.05, 4.69) is 29.0 Å². The minimum Gasteiger partial charge on any atom is -0.457 e. The van der Waals surface area contributed by atoms with Gasteiger partial charge in [0.15, 0.2) is 0 Å². The molecule has 0 aliphatic heterocycles. The molecule has 1 aromatic carbocycles. The Labute approximate surface area is 183 Å². The molecule has 0 bridgehead atoms. The zero-order valence-corrected chi connectivity index (χ0v) is 19.1. The average molecular weight is 428 g/mol. The van der Waals surface area contributed by atoms with Crippen molar-refractivity contribution in [2.24, 2.45) is 0 Å². The van der Waals surface area contributed by atoms with E-state index in [0.717, 1.165) is 45.9 Å². The Morgan fingerprint density at radius 1 is 1.13 bits per heavy atom. The van der Waals surface area contributed by atoms with Crippen LogP contribution in [0.5, 0.6) is 0 Å². The fourth-order valence-electron chi connectivity index (χ4n) is 2.94. The minimum absolute atomic E-state index is 0.150. The van der Waals surface area contributed by atoms with Crippen LogP contribution in [0.25, 0.3) is 11.3 Å². The molecular formula is C24H30ClN3O2. The van der Waals surface area contributed by atoms with E-state index < -0.39 is 0 Å². The number of hydrogen-bond acceptors (Lipinski definition) is 4. The lowest BCUT2D eigenvalue weighted by Crippen LogP contribution is -2.10. The number of aromatic nitrogens is 3. The lowest BCUT2D eigenvalue weighted by molar-refractivity contribution is -0.149. The third kappa shape index (κ3) is 6.42. The van der Waals surface area contributed by atoms with E-state index >= 15 is 0 Å². The fourth-order valence-corrected chi connectivity index (χ4v) is 3.06. The molecule has 0 aliphatic rings. The van der Waals surface area contributed by atoms with Gasteiger partial charge in [-0.2, -0.15) is 5.10 Å². The Balaban J connectivity index is 0.000000220. The smallest absolute Gasteiger partial charge is 0.306 e. The monoisotopic (exact) mass is 427 g/mol. The summed E-state index contributed by atoms with van der Waals surface area (Å²) in [6.45, 7) is 9.92. The highest BCUT2D eigenvalue weighted by atomic mass is 35.5. The summed E-state index contributed by atoms with van der Waals surface area (Å²) >= 11 is 5.99. The van der Waals surface area contributed by atoms with Crippen molar-refractivity contribution >= 4 is 17.6 Å². The van der Waals surface area contributed by atoms with Crippen molar-refractivity contribution in [3.8, 4) is 11.3 Å². The third-order valence-electron chi connectivity index (χ3n) is 4.87. The maximum absolute atomic E-state index is 11.4. The number of nitrogens with one attached hydrogen (secondary N) is 1. The molecule has 0 saturated carbocycles. The summed E-state index contributed by atoms with van der Waals surface area (Å²) in [4.78, 5) is 15.3. The van der Waals surface area contributed by atoms with E-state index in [1.54, 1.807) is 19.3 Å². The van der Waals surface area contributed by atoms with Crippen molar-refractivity contribution in [2.45, 2.75) is 60.0 Å². The maximum Gasteiger partial charge on any atom is 0.306 e. The van der Waals surface area contributed by atoms with Gasteiger partial charge in [-0.15, -0.1) is 0 Å². The molecule has 0 saturated heterocycles. The van der Waals surface area contributed by atoms with Gasteiger partial charge in [0.1, 0.15) is 6.10 Å². The van der Waals surface area contributed by atoms with Crippen LogP contribution in [-0.4, -0.2) is 21.2 Å². The van der Waals surface area contributed by atoms with Crippen molar-refractivity contribution in [3.63, 3.8) is 0 Å². The predicted molar refractivity (Wildman–Crippen MR) is 122 cm³/mol. The second-order valence-corrected chi connectivity index (χ2v) is 7.59. The first-order valence-corrected chi connectivity index (χ1v) is 10.6. The highest BCUT2D eigenvalue weighted by Crippen LogP contribution is 2.27. The molecule has 0 radical (unpaired) electrons. The number of halogens is 1. The summed E-state index contributed by atoms with van der Waals surface area (Å²) in [5.74, 6) is -0.156. The molecule has 0 fully saturated rings. The van der Waals surface area contributed by atoms with E-state index in [-0.39, 0.29) is 12.1 Å². The van der Waals surface area contributed by atoms with Gasteiger partial charge in [-0.1, -0.05) is 44.0 Å². The number of carbonyl (C=O) groups excluding carboxylic acids is 1. The minimum atomic E-state index is -0.156. The summed E-state index contributed by atoms with van der Waals surface area (Å²) < 4.78 is 5.44. The molecule has 3 rings (SSSR count). The number of ether oxygens (including phenoxy) is 1. The van der Waals surface area contributed by atoms with Crippen molar-refractivity contribution in [1.82, 2.24) is 15.2 Å². The molecule has 160 valence electrons. The van der Waals surface area contributed by atoms with E-state index in [4.69, 9.17) is 16.3 Å². The molecule has 6 heteroatoms. The number of nitrogens with zero attached hydrogens (tertiary/aromatic N) is 2. The molecule has 3 aromatic rings. The summed E-state index contributed by atoms with van der Waals surface area (Å²) in [7, 11) is 0. The number of carbonyl (C=O) groups is 1. The number of esters is 1. The highest BCUT2D eigenvalue weighted by molar-refractivity contribution is 6.31. The molecular weight excluding hydrogens is 398 g/mol. The van der Waals surface area contributed by atoms with Crippen molar-refractivity contribution in [2.75, 3.05) is 0 Å². The van der Waals surface area contributed by atoms with E-state index in [1.807, 2.05) is 44.2 Å². The normalized spacial score (nSPS) is 11.4. The zero-order chi connectivity index (χ0) is 22.1. The molecule has 0 amide bonds. The van der Waals surface area contributed by atoms with Crippen LogP contribution in [0.15, 0.2) is 42.7 Å². The number of H-pyrrole nitrogens is 1. The molecule has 0 aliphatic carbocycles. The highest BCUT2D eigenvalue weighted by Gasteiger charge is 2.15. The van der Waals surface area contributed by atoms with Gasteiger partial charge >= 0.3 is 5.97 Å². The third-order valence-corrected chi connectivity index (χ3v) is 5.30. The molecule has 5 nitrogen and oxygen atoms in total. The largest absolute Gasteiger partial charge is 0.457 e. The SMILES string of the molecule is CCCC(OC(=O)CC)c1ccc(Cl)c(C)c1.Cc1[nH]nc(-c2ccncc2)c1C. The van der Waals surface area contributed by atoms with Crippen LogP contribution in [0.4, 0.5) is 0 Å². The molecule has 1 atom stereocenters. The van der Waals surface area contributed by atoms with E-state index in [9.17, 15) is 4.79 Å². The van der Waals surface area contributed by atoms with Crippen molar-refractivity contribution in [1.29, 1.82) is 0 Å². The first kappa shape index (κ1) is 23.6. The summed E-state index contributed by atoms with van der Waals surface area (Å²) in [6.07, 6.45) is 5.63. The average Bonchev–Trinajstić information content (AvgIpc) is 3.09. The van der Waals surface area contributed by atoms with E-state index in [0.29, 0.717) is 6.42 Å². The zero-order valence-electron chi connectivity index (χ0n) is 18.3. The first-order valence-electron chi connectivity index (χ1n) is 10.2. The Morgan fingerprint density at radius 2 is 1.83 bits per heavy atom.